The van der Waals surface area contributed by atoms with E-state index in [9.17, 15) is 13.2 Å². The van der Waals surface area contributed by atoms with Crippen LogP contribution >= 0.6 is 0 Å². The average Bonchev–Trinajstić information content (AvgIpc) is 3.18. The quantitative estimate of drug-likeness (QED) is 0.117. The van der Waals surface area contributed by atoms with Gasteiger partial charge in [0.25, 0.3) is 0 Å². The van der Waals surface area contributed by atoms with E-state index in [1.54, 1.807) is 0 Å². The second-order valence-electron chi connectivity index (χ2n) is 12.2. The minimum Gasteiger partial charge on any atom is -0.344 e. The molecule has 0 fully saturated rings. The van der Waals surface area contributed by atoms with Crippen LogP contribution < -0.4 is 9.13 Å². The molecule has 0 saturated carbocycles. The monoisotopic (exact) mass is 669 g/mol. The Morgan fingerprint density at radius 1 is 0.792 bits per heavy atom. The lowest BCUT2D eigenvalue weighted by Crippen LogP contribution is -2.38. The predicted octanol–water partition coefficient (Wildman–Crippen LogP) is 7.70. The number of rotatable bonds is 2. The van der Waals surface area contributed by atoms with Gasteiger partial charge in [-0.1, -0.05) is 42.5 Å². The van der Waals surface area contributed by atoms with E-state index in [2.05, 4.69) is 130 Å². The summed E-state index contributed by atoms with van der Waals surface area (Å²) >= 11 is 0. The molecule has 8 rings (SSSR count). The van der Waals surface area contributed by atoms with Gasteiger partial charge in [0.2, 0.25) is 16.9 Å². The third kappa shape index (κ3) is 5.79. The molecule has 3 aromatic carbocycles. The molecule has 0 radical (unpaired) electrons. The van der Waals surface area contributed by atoms with Gasteiger partial charge < -0.3 is 4.57 Å². The zero-order valence-electron chi connectivity index (χ0n) is 26.3. The SMILES string of the molecule is Cn1c(/C=C/c2cc3ccccc3[n+]3c2-c2c(ccc4c2-c2cccc[n+]2CCC4)CCC3)cc2ccccc21.O=S(=O)(O)C(F)(F)F. The van der Waals surface area contributed by atoms with E-state index in [0.29, 0.717) is 0 Å². The van der Waals surface area contributed by atoms with Gasteiger partial charge in [-0.2, -0.15) is 30.7 Å². The van der Waals surface area contributed by atoms with Crippen LogP contribution in [0.3, 0.4) is 0 Å². The summed E-state index contributed by atoms with van der Waals surface area (Å²) in [4.78, 5) is 0. The van der Waals surface area contributed by atoms with Gasteiger partial charge in [0.05, 0.1) is 11.1 Å². The third-order valence-electron chi connectivity index (χ3n) is 9.28. The number of hydrogen-bond donors (Lipinski definition) is 1. The number of nitrogens with zero attached hydrogens (tertiary/aromatic N) is 3. The van der Waals surface area contributed by atoms with Crippen LogP contribution in [0.5, 0.6) is 0 Å². The summed E-state index contributed by atoms with van der Waals surface area (Å²) in [5.74, 6) is 0. The van der Waals surface area contributed by atoms with Gasteiger partial charge in [-0.25, -0.2) is 0 Å². The Hall–Kier alpha value is -4.80. The van der Waals surface area contributed by atoms with Crippen molar-refractivity contribution in [1.82, 2.24) is 4.57 Å². The highest BCUT2D eigenvalue weighted by molar-refractivity contribution is 7.86. The van der Waals surface area contributed by atoms with Gasteiger partial charge >= 0.3 is 15.6 Å². The van der Waals surface area contributed by atoms with Crippen molar-refractivity contribution >= 4 is 44.1 Å². The topological polar surface area (TPSA) is 67.1 Å². The van der Waals surface area contributed by atoms with E-state index in [4.69, 9.17) is 13.0 Å². The molecule has 3 aromatic heterocycles. The fourth-order valence-corrected chi connectivity index (χ4v) is 7.09. The summed E-state index contributed by atoms with van der Waals surface area (Å²) in [7, 11) is -3.67. The maximum absolute atomic E-state index is 10.7. The molecular formula is C38H34F3N3O3S+2. The number of para-hydroxylation sites is 2. The fraction of sp³-hybridized carbons (Fsp3) is 0.211. The maximum atomic E-state index is 10.7. The Morgan fingerprint density at radius 3 is 2.17 bits per heavy atom. The van der Waals surface area contributed by atoms with Crippen LogP contribution in [0.1, 0.15) is 35.2 Å². The molecule has 0 amide bonds. The molecular weight excluding hydrogens is 635 g/mol. The zero-order chi connectivity index (χ0) is 33.6. The molecule has 2 aliphatic heterocycles. The van der Waals surface area contributed by atoms with Crippen molar-refractivity contribution in [2.24, 2.45) is 7.05 Å². The van der Waals surface area contributed by atoms with Crippen LogP contribution in [-0.2, 0) is 43.1 Å². The van der Waals surface area contributed by atoms with Crippen molar-refractivity contribution in [3.8, 4) is 22.5 Å². The molecule has 0 bridgehead atoms. The normalized spacial score (nSPS) is 14.4. The number of alkyl halides is 3. The molecule has 6 nitrogen and oxygen atoms in total. The van der Waals surface area contributed by atoms with Crippen molar-refractivity contribution in [2.45, 2.75) is 44.3 Å². The molecule has 10 heteroatoms. The second-order valence-corrected chi connectivity index (χ2v) is 13.6. The minimum atomic E-state index is -5.84. The van der Waals surface area contributed by atoms with Gasteiger partial charge in [0.15, 0.2) is 6.20 Å². The number of benzene rings is 3. The highest BCUT2D eigenvalue weighted by Gasteiger charge is 2.44. The van der Waals surface area contributed by atoms with Gasteiger partial charge in [-0.3, -0.25) is 4.55 Å². The van der Waals surface area contributed by atoms with Crippen molar-refractivity contribution < 1.29 is 35.3 Å². The average molecular weight is 670 g/mol. The first-order valence-corrected chi connectivity index (χ1v) is 17.3. The van der Waals surface area contributed by atoms with Gasteiger partial charge in [-0.05, 0) is 66.5 Å². The van der Waals surface area contributed by atoms with E-state index in [1.807, 2.05) is 0 Å². The zero-order valence-corrected chi connectivity index (χ0v) is 27.1. The number of hydrogen-bond acceptors (Lipinski definition) is 2. The molecule has 0 unspecified atom stereocenters. The van der Waals surface area contributed by atoms with E-state index < -0.39 is 15.6 Å². The molecule has 0 atom stereocenters. The first-order valence-electron chi connectivity index (χ1n) is 15.9. The summed E-state index contributed by atoms with van der Waals surface area (Å²) in [5, 5.41) is 2.57. The van der Waals surface area contributed by atoms with Crippen molar-refractivity contribution in [1.29, 1.82) is 0 Å². The van der Waals surface area contributed by atoms with Gasteiger partial charge in [0.1, 0.15) is 13.1 Å². The molecule has 0 spiro atoms. The van der Waals surface area contributed by atoms with Crippen LogP contribution in [0, 0.1) is 0 Å². The highest BCUT2D eigenvalue weighted by Crippen LogP contribution is 2.41. The lowest BCUT2D eigenvalue weighted by atomic mass is 9.87. The Balaban J connectivity index is 0.000000408. The summed E-state index contributed by atoms with van der Waals surface area (Å²) in [5.41, 5.74) is 8.05. The Bertz CT molecular complexity index is 2340. The number of halogens is 3. The van der Waals surface area contributed by atoms with E-state index in [-0.39, 0.29) is 0 Å². The van der Waals surface area contributed by atoms with E-state index in [0.717, 1.165) is 32.4 Å². The van der Waals surface area contributed by atoms with Crippen LogP contribution in [0.15, 0.2) is 97.2 Å². The minimum absolute atomic E-state index is 1.02. The van der Waals surface area contributed by atoms with Crippen LogP contribution in [0.4, 0.5) is 13.2 Å². The number of aromatic nitrogens is 3. The van der Waals surface area contributed by atoms with Crippen LogP contribution in [0.2, 0.25) is 0 Å². The van der Waals surface area contributed by atoms with Crippen LogP contribution in [0.25, 0.3) is 56.5 Å². The summed E-state index contributed by atoms with van der Waals surface area (Å²) in [6, 6.07) is 33.8. The van der Waals surface area contributed by atoms with Gasteiger partial charge in [-0.15, -0.1) is 0 Å². The molecule has 6 aromatic rings. The molecule has 0 aliphatic carbocycles. The molecule has 5 heterocycles. The first-order chi connectivity index (χ1) is 23.0. The lowest BCUT2D eigenvalue weighted by Gasteiger charge is -2.16. The van der Waals surface area contributed by atoms with Crippen molar-refractivity contribution in [2.75, 3.05) is 0 Å². The molecule has 2 aliphatic rings. The van der Waals surface area contributed by atoms with E-state index in [1.165, 1.54) is 73.1 Å². The summed E-state index contributed by atoms with van der Waals surface area (Å²) in [6.07, 6.45) is 11.4. The Kier molecular flexibility index (Phi) is 8.17. The largest absolute Gasteiger partial charge is 0.522 e. The highest BCUT2D eigenvalue weighted by atomic mass is 32.2. The van der Waals surface area contributed by atoms with Crippen molar-refractivity contribution in [3.05, 3.63) is 120 Å². The van der Waals surface area contributed by atoms with Crippen molar-refractivity contribution in [3.63, 3.8) is 0 Å². The maximum Gasteiger partial charge on any atom is 0.522 e. The fourth-order valence-electron chi connectivity index (χ4n) is 7.09. The smallest absolute Gasteiger partial charge is 0.344 e. The van der Waals surface area contributed by atoms with Gasteiger partial charge in [0, 0.05) is 65.6 Å². The number of aryl methyl sites for hydroxylation is 5. The molecule has 244 valence electrons. The predicted molar refractivity (Wildman–Crippen MR) is 181 cm³/mol. The van der Waals surface area contributed by atoms with Crippen LogP contribution in [-0.4, -0.2) is 23.0 Å². The summed E-state index contributed by atoms with van der Waals surface area (Å²) < 4.78 is 64.9. The number of pyridine rings is 2. The standard InChI is InChI=1S/C37H33N3.CHF3O3S/c1-38-31(25-29-11-2-4-14-32(29)38)20-19-30-24-28-10-3-5-15-33(28)40-23-9-13-27-18-17-26-12-8-22-39-21-7-6-16-34(39)35(26)36(27)37(30)40;2-1(3,4)8(5,6)7/h2-7,10-11,14-21,24-25H,8-9,12-13,22-23H2,1H3;(H,5,6,7)/q+2;. The molecule has 1 N–H and O–H groups in total. The molecule has 48 heavy (non-hydrogen) atoms. The first kappa shape index (κ1) is 31.8. The second kappa shape index (κ2) is 12.3. The third-order valence-corrected chi connectivity index (χ3v) is 9.87. The van der Waals surface area contributed by atoms with E-state index >= 15 is 0 Å². The Morgan fingerprint density at radius 2 is 1.44 bits per heavy atom. The summed E-state index contributed by atoms with van der Waals surface area (Å²) in [6.45, 7) is 2.08. The Labute approximate surface area is 276 Å². The molecule has 0 saturated heterocycles. The number of fused-ring (bicyclic) bond motifs is 10. The lowest BCUT2D eigenvalue weighted by molar-refractivity contribution is -0.686.